The molecule has 0 unspecified atom stereocenters. The lowest BCUT2D eigenvalue weighted by atomic mass is 9.63. The lowest BCUT2D eigenvalue weighted by Crippen LogP contribution is -2.34. The van der Waals surface area contributed by atoms with Crippen LogP contribution in [0.4, 0.5) is 34.1 Å². The Morgan fingerprint density at radius 1 is 0.365 bits per heavy atom. The molecule has 2 aliphatic carbocycles. The number of para-hydroxylation sites is 4. The predicted octanol–water partition coefficient (Wildman–Crippen LogP) is 17.4. The van der Waals surface area contributed by atoms with E-state index in [1.807, 2.05) is 12.1 Å². The van der Waals surface area contributed by atoms with E-state index in [1.165, 1.54) is 46.5 Å². The maximum Gasteiger partial charge on any atom is 0.159 e. The third-order valence-corrected chi connectivity index (χ3v) is 15.0. The van der Waals surface area contributed by atoms with Crippen LogP contribution in [-0.4, -0.2) is 0 Å². The molecule has 2 aliphatic rings. The van der Waals surface area contributed by atoms with Gasteiger partial charge in [0.05, 0.1) is 11.4 Å². The second-order valence-electron chi connectivity index (χ2n) is 21.2. The number of benzene rings is 7. The molecule has 0 N–H and O–H groups in total. The van der Waals surface area contributed by atoms with Crippen LogP contribution in [-0.2, 0) is 21.7 Å². The first-order valence-corrected chi connectivity index (χ1v) is 22.9. The molecular weight excluding hydrogens is 769 g/mol. The van der Waals surface area contributed by atoms with E-state index >= 15 is 0 Å². The monoisotopic (exact) mass is 826 g/mol. The Bertz CT molecular complexity index is 3090. The molecule has 9 aromatic rings. The molecule has 2 aromatic heterocycles. The van der Waals surface area contributed by atoms with Crippen molar-refractivity contribution >= 4 is 78.0 Å². The van der Waals surface area contributed by atoms with Crippen molar-refractivity contribution in [3.8, 4) is 0 Å². The smallest absolute Gasteiger partial charge is 0.159 e. The van der Waals surface area contributed by atoms with Crippen molar-refractivity contribution in [3.63, 3.8) is 0 Å². The average Bonchev–Trinajstić information content (AvgIpc) is 3.84. The summed E-state index contributed by atoms with van der Waals surface area (Å²) in [6, 6.07) is 51.4. The Labute approximate surface area is 372 Å². The van der Waals surface area contributed by atoms with Crippen LogP contribution in [0.2, 0.25) is 0 Å². The van der Waals surface area contributed by atoms with E-state index in [9.17, 15) is 0 Å². The fraction of sp³-hybridized carbons (Fsp3) is 0.288. The van der Waals surface area contributed by atoms with E-state index in [2.05, 4.69) is 200 Å². The van der Waals surface area contributed by atoms with Gasteiger partial charge in [0.25, 0.3) is 0 Å². The summed E-state index contributed by atoms with van der Waals surface area (Å²) < 4.78 is 13.6. The third-order valence-electron chi connectivity index (χ3n) is 15.0. The molecular formula is C59H58N2O2. The van der Waals surface area contributed by atoms with E-state index in [0.717, 1.165) is 85.0 Å². The number of hydrogen-bond donors (Lipinski definition) is 0. The van der Waals surface area contributed by atoms with Crippen LogP contribution in [0.25, 0.3) is 43.9 Å². The summed E-state index contributed by atoms with van der Waals surface area (Å²) in [5.74, 6) is 0. The highest BCUT2D eigenvalue weighted by atomic mass is 16.3. The Hall–Kier alpha value is -6.26. The van der Waals surface area contributed by atoms with Gasteiger partial charge in [0.1, 0.15) is 11.2 Å². The molecule has 0 atom stereocenters. The van der Waals surface area contributed by atoms with Crippen LogP contribution in [0.1, 0.15) is 109 Å². The zero-order chi connectivity index (χ0) is 43.6. The summed E-state index contributed by atoms with van der Waals surface area (Å²) in [5, 5.41) is 4.37. The molecule has 0 aliphatic heterocycles. The third kappa shape index (κ3) is 6.31. The van der Waals surface area contributed by atoms with E-state index in [-0.39, 0.29) is 21.7 Å². The van der Waals surface area contributed by atoms with Crippen molar-refractivity contribution in [2.24, 2.45) is 0 Å². The molecule has 7 aromatic carbocycles. The number of rotatable bonds is 6. The molecule has 4 nitrogen and oxygen atoms in total. The van der Waals surface area contributed by atoms with Gasteiger partial charge >= 0.3 is 0 Å². The minimum absolute atomic E-state index is 0.0551. The number of fused-ring (bicyclic) bond motifs is 8. The van der Waals surface area contributed by atoms with Crippen molar-refractivity contribution in [1.29, 1.82) is 0 Å². The van der Waals surface area contributed by atoms with Gasteiger partial charge in [-0.2, -0.15) is 0 Å². The molecule has 316 valence electrons. The second-order valence-corrected chi connectivity index (χ2v) is 21.2. The molecule has 0 spiro atoms. The van der Waals surface area contributed by atoms with Crippen LogP contribution in [0, 0.1) is 6.92 Å². The molecule has 63 heavy (non-hydrogen) atoms. The standard InChI is InChI=1S/C59H58N2O2/c1-37-32-40(60(38-24-26-46-48(35-38)58(6,7)30-28-56(46,2)3)39-25-27-47-49(36-39)59(8,9)31-29-57(47,4)5)34-41(33-37)61(50-20-14-18-44-42-16-10-12-22-52(42)62-54(44)50)51-21-15-19-45-43-17-11-13-23-53(43)63-55(45)51/h10-27,32-36H,28-31H2,1-9H3. The summed E-state index contributed by atoms with van der Waals surface area (Å²) in [7, 11) is 0. The lowest BCUT2D eigenvalue weighted by molar-refractivity contribution is 0.332. The molecule has 0 saturated heterocycles. The number of furan rings is 2. The number of anilines is 6. The van der Waals surface area contributed by atoms with Gasteiger partial charge in [0.2, 0.25) is 0 Å². The topological polar surface area (TPSA) is 32.8 Å². The molecule has 4 heteroatoms. The van der Waals surface area contributed by atoms with Gasteiger partial charge in [-0.25, -0.2) is 0 Å². The Kier molecular flexibility index (Phi) is 8.71. The Morgan fingerprint density at radius 3 is 1.22 bits per heavy atom. The summed E-state index contributed by atoms with van der Waals surface area (Å²) in [4.78, 5) is 4.88. The highest BCUT2D eigenvalue weighted by molar-refractivity contribution is 6.14. The van der Waals surface area contributed by atoms with E-state index < -0.39 is 0 Å². The van der Waals surface area contributed by atoms with Crippen molar-refractivity contribution < 1.29 is 8.83 Å². The predicted molar refractivity (Wildman–Crippen MR) is 266 cm³/mol. The lowest BCUT2D eigenvalue weighted by Gasteiger charge is -2.43. The quantitative estimate of drug-likeness (QED) is 0.167. The van der Waals surface area contributed by atoms with Crippen LogP contribution in [0.3, 0.4) is 0 Å². The molecule has 0 saturated carbocycles. The Morgan fingerprint density at radius 2 is 0.762 bits per heavy atom. The van der Waals surface area contributed by atoms with Crippen LogP contribution in [0.15, 0.2) is 148 Å². The zero-order valence-electron chi connectivity index (χ0n) is 38.3. The largest absolute Gasteiger partial charge is 0.454 e. The van der Waals surface area contributed by atoms with Crippen molar-refractivity contribution in [3.05, 3.63) is 167 Å². The van der Waals surface area contributed by atoms with Crippen LogP contribution >= 0.6 is 0 Å². The van der Waals surface area contributed by atoms with Crippen LogP contribution in [0.5, 0.6) is 0 Å². The van der Waals surface area contributed by atoms with Gasteiger partial charge < -0.3 is 18.6 Å². The average molecular weight is 827 g/mol. The van der Waals surface area contributed by atoms with E-state index in [0.29, 0.717) is 0 Å². The number of hydrogen-bond acceptors (Lipinski definition) is 4. The summed E-state index contributed by atoms with van der Waals surface area (Å²) >= 11 is 0. The Balaban J connectivity index is 1.19. The fourth-order valence-electron chi connectivity index (χ4n) is 11.1. The SMILES string of the molecule is Cc1cc(N(c2ccc3c(c2)C(C)(C)CCC3(C)C)c2ccc3c(c2)C(C)(C)CCC3(C)C)cc(N(c2cccc3c2oc2ccccc23)c2cccc3c2oc2ccccc23)c1. The number of aryl methyl sites for hydroxylation is 1. The minimum Gasteiger partial charge on any atom is -0.454 e. The van der Waals surface area contributed by atoms with Crippen LogP contribution < -0.4 is 9.80 Å². The van der Waals surface area contributed by atoms with Crippen molar-refractivity contribution in [2.75, 3.05) is 9.80 Å². The van der Waals surface area contributed by atoms with Gasteiger partial charge in [-0.15, -0.1) is 0 Å². The maximum absolute atomic E-state index is 6.82. The maximum atomic E-state index is 6.82. The highest BCUT2D eigenvalue weighted by Crippen LogP contribution is 2.52. The second kappa shape index (κ2) is 13.9. The molecule has 11 rings (SSSR count). The summed E-state index contributed by atoms with van der Waals surface area (Å²) in [6.45, 7) is 21.6. The molecule has 0 radical (unpaired) electrons. The van der Waals surface area contributed by atoms with Gasteiger partial charge in [-0.1, -0.05) is 128 Å². The van der Waals surface area contributed by atoms with Crippen molar-refractivity contribution in [1.82, 2.24) is 0 Å². The minimum atomic E-state index is 0.0551. The van der Waals surface area contributed by atoms with Crippen molar-refractivity contribution in [2.45, 2.75) is 110 Å². The summed E-state index contributed by atoms with van der Waals surface area (Å²) in [6.07, 6.45) is 4.67. The molecule has 0 fully saturated rings. The first-order valence-electron chi connectivity index (χ1n) is 22.9. The zero-order valence-corrected chi connectivity index (χ0v) is 38.3. The van der Waals surface area contributed by atoms with Gasteiger partial charge in [0.15, 0.2) is 11.2 Å². The highest BCUT2D eigenvalue weighted by Gasteiger charge is 2.39. The van der Waals surface area contributed by atoms with Gasteiger partial charge in [-0.3, -0.25) is 0 Å². The first kappa shape index (κ1) is 39.6. The molecule has 0 bridgehead atoms. The first-order chi connectivity index (χ1) is 30.1. The van der Waals surface area contributed by atoms with Gasteiger partial charge in [-0.05, 0) is 149 Å². The summed E-state index contributed by atoms with van der Waals surface area (Å²) in [5.41, 5.74) is 17.1. The normalized spacial score (nSPS) is 17.2. The fourth-order valence-corrected chi connectivity index (χ4v) is 11.1. The van der Waals surface area contributed by atoms with Gasteiger partial charge in [0, 0.05) is 44.3 Å². The van der Waals surface area contributed by atoms with E-state index in [1.54, 1.807) is 0 Å². The number of nitrogens with zero attached hydrogens (tertiary/aromatic N) is 2. The van der Waals surface area contributed by atoms with E-state index in [4.69, 9.17) is 8.83 Å². The molecule has 0 amide bonds. The molecule has 2 heterocycles.